The predicted molar refractivity (Wildman–Crippen MR) is 89.9 cm³/mol. The molecule has 6 heteroatoms. The zero-order valence-electron chi connectivity index (χ0n) is 14.0. The monoisotopic (exact) mass is 510 g/mol. The Kier molecular flexibility index (Phi) is 9.82. The maximum Gasteiger partial charge on any atom is 0.155 e. The van der Waals surface area contributed by atoms with E-state index < -0.39 is 0 Å². The van der Waals surface area contributed by atoms with E-state index in [0.29, 0.717) is 5.56 Å². The third-order valence-electron chi connectivity index (χ3n) is 2.71. The second-order valence-electron chi connectivity index (χ2n) is 5.10. The van der Waals surface area contributed by atoms with E-state index in [2.05, 4.69) is 11.1 Å². The van der Waals surface area contributed by atoms with Crippen LogP contribution in [0.1, 0.15) is 13.8 Å². The Morgan fingerprint density at radius 2 is 1.96 bits per heavy atom. The number of allylic oxidation sites excluding steroid dienone is 2. The molecule has 0 saturated carbocycles. The van der Waals surface area contributed by atoms with Crippen LogP contribution in [0.25, 0.3) is 11.3 Å². The van der Waals surface area contributed by atoms with Crippen LogP contribution >= 0.6 is 0 Å². The summed E-state index contributed by atoms with van der Waals surface area (Å²) >= 11 is 0. The molecule has 0 aliphatic heterocycles. The number of nitrogens with zero attached hydrogens (tertiary/aromatic N) is 2. The molecule has 0 aliphatic rings. The van der Waals surface area contributed by atoms with Crippen molar-refractivity contribution in [2.45, 2.75) is 13.8 Å². The van der Waals surface area contributed by atoms with Gasteiger partial charge in [-0.2, -0.15) is 0 Å². The van der Waals surface area contributed by atoms with Crippen LogP contribution in [-0.4, -0.2) is 30.0 Å². The van der Waals surface area contributed by atoms with Gasteiger partial charge >= 0.3 is 0 Å². The van der Waals surface area contributed by atoms with Gasteiger partial charge in [0.15, 0.2) is 5.78 Å². The molecule has 0 saturated heterocycles. The fourth-order valence-corrected chi connectivity index (χ4v) is 1.73. The number of aromatic nitrogens is 1. The van der Waals surface area contributed by atoms with Crippen LogP contribution in [0.2, 0.25) is 0 Å². The Morgan fingerprint density at radius 3 is 2.42 bits per heavy atom. The first-order chi connectivity index (χ1) is 10.8. The van der Waals surface area contributed by atoms with Crippen molar-refractivity contribution in [1.82, 2.24) is 4.98 Å². The fourth-order valence-electron chi connectivity index (χ4n) is 1.73. The minimum Gasteiger partial charge on any atom is -0.512 e. The SMILES string of the molecule is CC(=O)/C=C(/C)O.CN(C)c1ccnc(-c2[c-]c(F)ccc2)c1.[Pt]. The summed E-state index contributed by atoms with van der Waals surface area (Å²) in [5, 5.41) is 8.36. The molecular formula is C18H20FN2O2Pt-. The van der Waals surface area contributed by atoms with Gasteiger partial charge in [0.1, 0.15) is 0 Å². The smallest absolute Gasteiger partial charge is 0.155 e. The molecule has 0 amide bonds. The summed E-state index contributed by atoms with van der Waals surface area (Å²) in [7, 11) is 3.91. The normalized spacial score (nSPS) is 10.1. The van der Waals surface area contributed by atoms with Gasteiger partial charge in [0.05, 0.1) is 5.76 Å². The van der Waals surface area contributed by atoms with Gasteiger partial charge in [-0.1, -0.05) is 6.07 Å². The largest absolute Gasteiger partial charge is 0.512 e. The summed E-state index contributed by atoms with van der Waals surface area (Å²) in [4.78, 5) is 16.2. The number of hydrogen-bond donors (Lipinski definition) is 1. The van der Waals surface area contributed by atoms with Crippen LogP contribution in [0.3, 0.4) is 0 Å². The minimum atomic E-state index is -0.366. The Morgan fingerprint density at radius 1 is 1.29 bits per heavy atom. The zero-order valence-corrected chi connectivity index (χ0v) is 16.3. The molecule has 0 unspecified atom stereocenters. The van der Waals surface area contributed by atoms with E-state index in [1.165, 1.54) is 26.0 Å². The van der Waals surface area contributed by atoms with Crippen molar-refractivity contribution in [2.24, 2.45) is 0 Å². The van der Waals surface area contributed by atoms with Crippen molar-refractivity contribution < 1.29 is 35.4 Å². The quantitative estimate of drug-likeness (QED) is 0.388. The summed E-state index contributed by atoms with van der Waals surface area (Å²) in [5.41, 5.74) is 2.43. The second-order valence-corrected chi connectivity index (χ2v) is 5.10. The summed E-state index contributed by atoms with van der Waals surface area (Å²) in [6, 6.07) is 11.3. The number of hydrogen-bond acceptors (Lipinski definition) is 4. The van der Waals surface area contributed by atoms with Crippen LogP contribution in [0.15, 0.2) is 48.4 Å². The topological polar surface area (TPSA) is 53.4 Å². The molecule has 4 nitrogen and oxygen atoms in total. The number of aliphatic hydroxyl groups excluding tert-OH is 1. The van der Waals surface area contributed by atoms with Crippen LogP contribution in [0.5, 0.6) is 0 Å². The van der Waals surface area contributed by atoms with Crippen molar-refractivity contribution >= 4 is 11.5 Å². The Balaban J connectivity index is 0.000000570. The van der Waals surface area contributed by atoms with Crippen molar-refractivity contribution in [2.75, 3.05) is 19.0 Å². The third kappa shape index (κ3) is 8.02. The first kappa shape index (κ1) is 22.0. The molecule has 1 aromatic heterocycles. The molecule has 2 rings (SSSR count). The van der Waals surface area contributed by atoms with Crippen LogP contribution in [0, 0.1) is 11.9 Å². The average Bonchev–Trinajstić information content (AvgIpc) is 2.46. The Hall–Kier alpha value is -2.00. The first-order valence-electron chi connectivity index (χ1n) is 6.99. The predicted octanol–water partition coefficient (Wildman–Crippen LogP) is 3.79. The molecule has 0 atom stereocenters. The van der Waals surface area contributed by atoms with Gasteiger partial charge in [-0.15, -0.1) is 29.8 Å². The number of aliphatic hydroxyl groups is 1. The number of benzene rings is 1. The van der Waals surface area contributed by atoms with Gasteiger partial charge in [-0.3, -0.25) is 4.79 Å². The number of ketones is 1. The van der Waals surface area contributed by atoms with Gasteiger partial charge in [0.2, 0.25) is 0 Å². The number of halogens is 1. The van der Waals surface area contributed by atoms with Crippen molar-refractivity contribution in [3.05, 3.63) is 60.2 Å². The van der Waals surface area contributed by atoms with E-state index >= 15 is 0 Å². The van der Waals surface area contributed by atoms with Crippen LogP contribution in [-0.2, 0) is 25.9 Å². The van der Waals surface area contributed by atoms with Gasteiger partial charge < -0.3 is 15.0 Å². The molecule has 132 valence electrons. The van der Waals surface area contributed by atoms with Gasteiger partial charge in [-0.05, 0) is 25.6 Å². The average molecular weight is 510 g/mol. The number of carbonyl (C=O) groups excluding carboxylic acids is 1. The standard InChI is InChI=1S/C13H12FN2.C5H8O2.Pt/c1-16(2)12-6-7-15-13(9-12)10-4-3-5-11(14)8-10;1-4(6)3-5(2)7;/h3-7,9H,1-2H3;3,6H,1-2H3;/q-1;;/b;4-3-;. The first-order valence-corrected chi connectivity index (χ1v) is 6.99. The molecule has 1 heterocycles. The molecule has 1 aromatic carbocycles. The molecule has 1 N–H and O–H groups in total. The molecule has 24 heavy (non-hydrogen) atoms. The molecule has 0 fully saturated rings. The van der Waals surface area contributed by atoms with Crippen LogP contribution < -0.4 is 4.90 Å². The van der Waals surface area contributed by atoms with Crippen molar-refractivity contribution in [3.8, 4) is 11.3 Å². The van der Waals surface area contributed by atoms with E-state index in [0.717, 1.165) is 11.4 Å². The fraction of sp³-hybridized carbons (Fsp3) is 0.222. The summed E-state index contributed by atoms with van der Waals surface area (Å²) in [5.74, 6) is -0.429. The van der Waals surface area contributed by atoms with Gasteiger partial charge in [0.25, 0.3) is 0 Å². The molecule has 0 bridgehead atoms. The third-order valence-corrected chi connectivity index (χ3v) is 2.71. The van der Waals surface area contributed by atoms with E-state index in [4.69, 9.17) is 5.11 Å². The van der Waals surface area contributed by atoms with Crippen molar-refractivity contribution in [3.63, 3.8) is 0 Å². The summed E-state index contributed by atoms with van der Waals surface area (Å²) < 4.78 is 13.0. The van der Waals surface area contributed by atoms with E-state index in [1.54, 1.807) is 18.3 Å². The number of carbonyl (C=O) groups is 1. The number of rotatable bonds is 3. The summed E-state index contributed by atoms with van der Waals surface area (Å²) in [6.45, 7) is 2.85. The maximum atomic E-state index is 13.0. The van der Waals surface area contributed by atoms with Gasteiger partial charge in [-0.25, -0.2) is 4.39 Å². The van der Waals surface area contributed by atoms with E-state index in [1.807, 2.05) is 31.1 Å². The minimum absolute atomic E-state index is 0. The number of pyridine rings is 1. The molecular weight excluding hydrogens is 490 g/mol. The van der Waals surface area contributed by atoms with Gasteiger partial charge in [0, 0.05) is 58.9 Å². The maximum absolute atomic E-state index is 13.0. The zero-order chi connectivity index (χ0) is 17.4. The van der Waals surface area contributed by atoms with E-state index in [9.17, 15) is 9.18 Å². The molecule has 0 spiro atoms. The van der Waals surface area contributed by atoms with Crippen molar-refractivity contribution in [1.29, 1.82) is 0 Å². The second kappa shape index (κ2) is 10.7. The van der Waals surface area contributed by atoms with E-state index in [-0.39, 0.29) is 38.4 Å². The molecule has 2 aromatic rings. The Bertz CT molecular complexity index is 699. The number of anilines is 1. The summed E-state index contributed by atoms with van der Waals surface area (Å²) in [6.07, 6.45) is 2.88. The van der Waals surface area contributed by atoms with Crippen LogP contribution in [0.4, 0.5) is 10.1 Å². The molecule has 0 radical (unpaired) electrons. The molecule has 0 aliphatic carbocycles. The Labute approximate surface area is 156 Å².